The first-order valence-corrected chi connectivity index (χ1v) is 7.60. The maximum absolute atomic E-state index is 12.5. The lowest BCUT2D eigenvalue weighted by Gasteiger charge is -2.29. The molecule has 102 valence electrons. The molecule has 4 heteroatoms. The number of nitrogens with two attached hydrogens (primary N) is 1. The van der Waals surface area contributed by atoms with E-state index in [2.05, 4.69) is 6.07 Å². The van der Waals surface area contributed by atoms with Crippen LogP contribution in [0.15, 0.2) is 53.4 Å². The first-order valence-electron chi connectivity index (χ1n) is 6.61. The molecule has 2 aromatic rings. The van der Waals surface area contributed by atoms with Gasteiger partial charge in [0.1, 0.15) is 0 Å². The Hall–Kier alpha value is -1.94. The van der Waals surface area contributed by atoms with Gasteiger partial charge in [0.25, 0.3) is 0 Å². The molecule has 0 spiro atoms. The summed E-state index contributed by atoms with van der Waals surface area (Å²) in [4.78, 5) is 15.6. The second-order valence-corrected chi connectivity index (χ2v) is 5.87. The molecule has 1 aliphatic rings. The van der Waals surface area contributed by atoms with E-state index in [0.717, 1.165) is 23.5 Å². The van der Waals surface area contributed by atoms with Crippen molar-refractivity contribution in [1.29, 1.82) is 0 Å². The van der Waals surface area contributed by atoms with Crippen molar-refractivity contribution in [3.63, 3.8) is 0 Å². The molecule has 0 atom stereocenters. The summed E-state index contributed by atoms with van der Waals surface area (Å²) in [5, 5.41) is 0. The molecule has 1 amide bonds. The second-order valence-electron chi connectivity index (χ2n) is 4.74. The van der Waals surface area contributed by atoms with Crippen LogP contribution in [0.5, 0.6) is 0 Å². The third kappa shape index (κ3) is 2.51. The van der Waals surface area contributed by atoms with Gasteiger partial charge in [0.2, 0.25) is 5.91 Å². The zero-order chi connectivity index (χ0) is 13.9. The molecule has 0 fully saturated rings. The normalized spacial score (nSPS) is 13.9. The van der Waals surface area contributed by atoms with E-state index < -0.39 is 0 Å². The summed E-state index contributed by atoms with van der Waals surface area (Å²) in [6.45, 7) is 0.757. The summed E-state index contributed by atoms with van der Waals surface area (Å²) in [7, 11) is 0. The summed E-state index contributed by atoms with van der Waals surface area (Å²) < 4.78 is 0. The maximum Gasteiger partial charge on any atom is 0.231 e. The summed E-state index contributed by atoms with van der Waals surface area (Å²) in [5.74, 6) is 1.04. The lowest BCUT2D eigenvalue weighted by atomic mass is 10.1. The molecule has 2 N–H and O–H groups in total. The monoisotopic (exact) mass is 284 g/mol. The van der Waals surface area contributed by atoms with Crippen LogP contribution in [-0.4, -0.2) is 18.2 Å². The van der Waals surface area contributed by atoms with Gasteiger partial charge in [0.15, 0.2) is 0 Å². The van der Waals surface area contributed by atoms with Gasteiger partial charge in [-0.1, -0.05) is 30.3 Å². The smallest absolute Gasteiger partial charge is 0.231 e. The highest BCUT2D eigenvalue weighted by Crippen LogP contribution is 2.34. The van der Waals surface area contributed by atoms with Crippen LogP contribution in [0.25, 0.3) is 0 Å². The van der Waals surface area contributed by atoms with E-state index in [1.807, 2.05) is 47.4 Å². The highest BCUT2D eigenvalue weighted by atomic mass is 32.2. The number of hydrogen-bond donors (Lipinski definition) is 1. The molecule has 3 rings (SSSR count). The minimum atomic E-state index is 0.107. The van der Waals surface area contributed by atoms with Gasteiger partial charge in [-0.25, -0.2) is 0 Å². The Bertz CT molecular complexity index is 642. The summed E-state index contributed by atoms with van der Waals surface area (Å²) in [6, 6.07) is 15.6. The number of benzene rings is 2. The maximum atomic E-state index is 12.5. The fraction of sp³-hybridized carbons (Fsp3) is 0.188. The molecule has 1 aliphatic heterocycles. The van der Waals surface area contributed by atoms with Gasteiger partial charge in [-0.05, 0) is 23.8 Å². The first kappa shape index (κ1) is 13.1. The molecule has 0 saturated carbocycles. The third-order valence-corrected chi connectivity index (χ3v) is 4.47. The number of para-hydroxylation sites is 2. The molecular formula is C16H16N2OS. The Kier molecular flexibility index (Phi) is 3.65. The van der Waals surface area contributed by atoms with Gasteiger partial charge < -0.3 is 10.6 Å². The zero-order valence-electron chi connectivity index (χ0n) is 11.1. The minimum absolute atomic E-state index is 0.107. The number of anilines is 2. The Morgan fingerprint density at radius 2 is 1.90 bits per heavy atom. The van der Waals surface area contributed by atoms with E-state index in [4.69, 9.17) is 5.73 Å². The molecule has 0 radical (unpaired) electrons. The fourth-order valence-corrected chi connectivity index (χ4v) is 3.38. The summed E-state index contributed by atoms with van der Waals surface area (Å²) in [5.41, 5.74) is 8.51. The van der Waals surface area contributed by atoms with E-state index in [1.54, 1.807) is 11.8 Å². The van der Waals surface area contributed by atoms with E-state index in [0.29, 0.717) is 12.1 Å². The minimum Gasteiger partial charge on any atom is -0.398 e. The number of nitrogens with zero attached hydrogens (tertiary/aromatic N) is 1. The largest absolute Gasteiger partial charge is 0.398 e. The van der Waals surface area contributed by atoms with Gasteiger partial charge in [-0.15, -0.1) is 11.8 Å². The van der Waals surface area contributed by atoms with Crippen molar-refractivity contribution in [3.8, 4) is 0 Å². The Labute approximate surface area is 122 Å². The second kappa shape index (κ2) is 5.59. The molecule has 0 aliphatic carbocycles. The number of nitrogen functional groups attached to an aromatic ring is 1. The van der Waals surface area contributed by atoms with Crippen molar-refractivity contribution in [2.75, 3.05) is 22.9 Å². The molecule has 0 unspecified atom stereocenters. The Morgan fingerprint density at radius 3 is 2.75 bits per heavy atom. The number of rotatable bonds is 2. The van der Waals surface area contributed by atoms with Crippen LogP contribution in [-0.2, 0) is 11.2 Å². The quantitative estimate of drug-likeness (QED) is 0.862. The average molecular weight is 284 g/mol. The van der Waals surface area contributed by atoms with Crippen LogP contribution < -0.4 is 10.6 Å². The third-order valence-electron chi connectivity index (χ3n) is 3.43. The Balaban J connectivity index is 1.84. The van der Waals surface area contributed by atoms with Gasteiger partial charge in [-0.2, -0.15) is 0 Å². The van der Waals surface area contributed by atoms with Crippen molar-refractivity contribution in [2.24, 2.45) is 0 Å². The van der Waals surface area contributed by atoms with Crippen molar-refractivity contribution >= 4 is 29.0 Å². The van der Waals surface area contributed by atoms with E-state index in [9.17, 15) is 4.79 Å². The van der Waals surface area contributed by atoms with Gasteiger partial charge in [0, 0.05) is 22.9 Å². The number of carbonyl (C=O) groups is 1. The lowest BCUT2D eigenvalue weighted by molar-refractivity contribution is -0.117. The van der Waals surface area contributed by atoms with Crippen LogP contribution in [0.1, 0.15) is 5.56 Å². The van der Waals surface area contributed by atoms with Gasteiger partial charge in [-0.3, -0.25) is 4.79 Å². The van der Waals surface area contributed by atoms with Crippen LogP contribution in [0.3, 0.4) is 0 Å². The van der Waals surface area contributed by atoms with Crippen molar-refractivity contribution in [3.05, 3.63) is 54.1 Å². The molecule has 0 bridgehead atoms. The van der Waals surface area contributed by atoms with E-state index >= 15 is 0 Å². The molecule has 1 heterocycles. The molecule has 0 saturated heterocycles. The molecular weight excluding hydrogens is 268 g/mol. The number of amides is 1. The van der Waals surface area contributed by atoms with Crippen molar-refractivity contribution in [2.45, 2.75) is 11.3 Å². The standard InChI is InChI=1S/C16H16N2OS/c17-13-6-2-1-5-12(13)11-16(19)18-9-10-20-15-8-4-3-7-14(15)18/h1-8H,9-11,17H2. The summed E-state index contributed by atoms with van der Waals surface area (Å²) in [6.07, 6.45) is 0.353. The molecule has 2 aromatic carbocycles. The predicted octanol–water partition coefficient (Wildman–Crippen LogP) is 2.95. The Morgan fingerprint density at radius 1 is 1.15 bits per heavy atom. The molecule has 3 nitrogen and oxygen atoms in total. The van der Waals surface area contributed by atoms with Crippen LogP contribution >= 0.6 is 11.8 Å². The lowest BCUT2D eigenvalue weighted by Crippen LogP contribution is -2.36. The van der Waals surface area contributed by atoms with Crippen LogP contribution in [0, 0.1) is 0 Å². The zero-order valence-corrected chi connectivity index (χ0v) is 11.9. The number of fused-ring (bicyclic) bond motifs is 1. The highest BCUT2D eigenvalue weighted by Gasteiger charge is 2.22. The van der Waals surface area contributed by atoms with E-state index in [1.165, 1.54) is 4.90 Å². The average Bonchev–Trinajstić information content (AvgIpc) is 2.49. The molecule has 20 heavy (non-hydrogen) atoms. The van der Waals surface area contributed by atoms with Crippen LogP contribution in [0.2, 0.25) is 0 Å². The van der Waals surface area contributed by atoms with Crippen molar-refractivity contribution in [1.82, 2.24) is 0 Å². The predicted molar refractivity (Wildman–Crippen MR) is 84.1 cm³/mol. The van der Waals surface area contributed by atoms with Gasteiger partial charge >= 0.3 is 0 Å². The topological polar surface area (TPSA) is 46.3 Å². The summed E-state index contributed by atoms with van der Waals surface area (Å²) >= 11 is 1.80. The fourth-order valence-electron chi connectivity index (χ4n) is 2.38. The number of thioether (sulfide) groups is 1. The highest BCUT2D eigenvalue weighted by molar-refractivity contribution is 7.99. The number of hydrogen-bond acceptors (Lipinski definition) is 3. The van der Waals surface area contributed by atoms with Crippen LogP contribution in [0.4, 0.5) is 11.4 Å². The van der Waals surface area contributed by atoms with Crippen molar-refractivity contribution < 1.29 is 4.79 Å². The SMILES string of the molecule is Nc1ccccc1CC(=O)N1CCSc2ccccc21. The molecule has 0 aromatic heterocycles. The number of carbonyl (C=O) groups excluding carboxylic acids is 1. The van der Waals surface area contributed by atoms with E-state index in [-0.39, 0.29) is 5.91 Å². The van der Waals surface area contributed by atoms with Gasteiger partial charge in [0.05, 0.1) is 12.1 Å². The first-order chi connectivity index (χ1) is 9.75.